The topological polar surface area (TPSA) is 115 Å². The molecule has 1 heterocycles. The van der Waals surface area contributed by atoms with Crippen LogP contribution in [0.2, 0.25) is 0 Å². The molecule has 0 spiro atoms. The number of sulfonamides is 1. The Hall–Kier alpha value is -3.40. The molecule has 9 nitrogen and oxygen atoms in total. The van der Waals surface area contributed by atoms with Gasteiger partial charge in [-0.25, -0.2) is 8.42 Å². The average molecular weight is 459 g/mol. The van der Waals surface area contributed by atoms with E-state index < -0.39 is 16.1 Å². The number of nitrogens with one attached hydrogen (secondary N) is 1. The van der Waals surface area contributed by atoms with Crippen LogP contribution in [0.25, 0.3) is 11.4 Å². The fourth-order valence-electron chi connectivity index (χ4n) is 2.84. The number of ether oxygens (including phenoxy) is 1. The van der Waals surface area contributed by atoms with Crippen LogP contribution in [0.15, 0.2) is 53.1 Å². The first kappa shape index (κ1) is 23.3. The predicted molar refractivity (Wildman–Crippen MR) is 121 cm³/mol. The van der Waals surface area contributed by atoms with Crippen LogP contribution in [0.1, 0.15) is 24.8 Å². The van der Waals surface area contributed by atoms with Crippen LogP contribution >= 0.6 is 0 Å². The summed E-state index contributed by atoms with van der Waals surface area (Å²) in [6, 6.07) is 14.2. The molecule has 0 aliphatic carbocycles. The summed E-state index contributed by atoms with van der Waals surface area (Å²) in [7, 11) is -1.89. The monoisotopic (exact) mass is 458 g/mol. The molecule has 0 saturated heterocycles. The zero-order valence-electron chi connectivity index (χ0n) is 18.4. The van der Waals surface area contributed by atoms with Gasteiger partial charge < -0.3 is 14.6 Å². The van der Waals surface area contributed by atoms with Gasteiger partial charge in [-0.05, 0) is 37.6 Å². The Bertz CT molecular complexity index is 1160. The second-order valence-corrected chi connectivity index (χ2v) is 9.35. The lowest BCUT2D eigenvalue weighted by Gasteiger charge is -2.19. The number of carbonyl (C=O) groups is 1. The first-order valence-corrected chi connectivity index (χ1v) is 11.9. The molecular weight excluding hydrogens is 432 g/mol. The van der Waals surface area contributed by atoms with Crippen molar-refractivity contribution < 1.29 is 22.5 Å². The molecule has 0 radical (unpaired) electrons. The van der Waals surface area contributed by atoms with Crippen molar-refractivity contribution in [1.82, 2.24) is 15.5 Å². The van der Waals surface area contributed by atoms with Gasteiger partial charge in [0.25, 0.3) is 5.91 Å². The number of rotatable bonds is 9. The first-order chi connectivity index (χ1) is 15.2. The molecule has 1 N–H and O–H groups in total. The van der Waals surface area contributed by atoms with E-state index in [4.69, 9.17) is 9.26 Å². The standard InChI is InChI=1S/C22H26N4O5S/c1-5-19(30-18-12-10-17(11-13-18)26(3)32(4,28)29)22(27)23-14-20-24-21(25-31-20)16-8-6-15(2)7-9-16/h6-13,19H,5,14H2,1-4H3,(H,23,27)/t19-/m0/s1. The van der Waals surface area contributed by atoms with Crippen molar-refractivity contribution in [3.05, 3.63) is 60.0 Å². The van der Waals surface area contributed by atoms with Gasteiger partial charge in [-0.2, -0.15) is 4.98 Å². The van der Waals surface area contributed by atoms with E-state index in [0.717, 1.165) is 21.7 Å². The molecule has 3 rings (SSSR count). The fourth-order valence-corrected chi connectivity index (χ4v) is 3.34. The van der Waals surface area contributed by atoms with E-state index in [2.05, 4.69) is 15.5 Å². The number of nitrogens with zero attached hydrogens (tertiary/aromatic N) is 3. The zero-order valence-corrected chi connectivity index (χ0v) is 19.2. The normalized spacial score (nSPS) is 12.2. The van der Waals surface area contributed by atoms with Gasteiger partial charge in [0.15, 0.2) is 6.10 Å². The van der Waals surface area contributed by atoms with Crippen LogP contribution in [-0.4, -0.2) is 43.9 Å². The molecule has 1 atom stereocenters. The summed E-state index contributed by atoms with van der Waals surface area (Å²) in [6.45, 7) is 3.91. The molecule has 3 aromatic rings. The van der Waals surface area contributed by atoms with Gasteiger partial charge in [0.2, 0.25) is 21.7 Å². The van der Waals surface area contributed by atoms with Crippen LogP contribution in [0.3, 0.4) is 0 Å². The zero-order chi connectivity index (χ0) is 23.3. The van der Waals surface area contributed by atoms with Crippen molar-refractivity contribution >= 4 is 21.6 Å². The SMILES string of the molecule is CC[C@H](Oc1ccc(N(C)S(C)(=O)=O)cc1)C(=O)NCc1nc(-c2ccc(C)cc2)no1. The van der Waals surface area contributed by atoms with Crippen LogP contribution < -0.4 is 14.4 Å². The highest BCUT2D eigenvalue weighted by atomic mass is 32.2. The lowest BCUT2D eigenvalue weighted by molar-refractivity contribution is -0.128. The summed E-state index contributed by atoms with van der Waals surface area (Å²) in [5.74, 6) is 0.880. The highest BCUT2D eigenvalue weighted by molar-refractivity contribution is 7.92. The Kier molecular flexibility index (Phi) is 7.14. The number of amides is 1. The number of aryl methyl sites for hydroxylation is 1. The van der Waals surface area contributed by atoms with E-state index in [9.17, 15) is 13.2 Å². The molecule has 170 valence electrons. The van der Waals surface area contributed by atoms with Crippen LogP contribution in [0.5, 0.6) is 5.75 Å². The van der Waals surface area contributed by atoms with E-state index in [-0.39, 0.29) is 18.3 Å². The number of benzene rings is 2. The average Bonchev–Trinajstić information content (AvgIpc) is 3.24. The lowest BCUT2D eigenvalue weighted by Crippen LogP contribution is -2.37. The minimum Gasteiger partial charge on any atom is -0.481 e. The molecule has 0 aliphatic rings. The predicted octanol–water partition coefficient (Wildman–Crippen LogP) is 2.91. The lowest BCUT2D eigenvalue weighted by atomic mass is 10.1. The summed E-state index contributed by atoms with van der Waals surface area (Å²) in [5.41, 5.74) is 2.46. The van der Waals surface area contributed by atoms with E-state index in [1.165, 1.54) is 7.05 Å². The van der Waals surface area contributed by atoms with Crippen LogP contribution in [0, 0.1) is 6.92 Å². The maximum absolute atomic E-state index is 12.6. The number of carbonyl (C=O) groups excluding carboxylic acids is 1. The van der Waals surface area contributed by atoms with E-state index in [0.29, 0.717) is 23.7 Å². The Labute approximate surface area is 187 Å². The molecule has 1 aromatic heterocycles. The molecule has 0 fully saturated rings. The molecular formula is C22H26N4O5S. The van der Waals surface area contributed by atoms with Gasteiger partial charge in [-0.3, -0.25) is 9.10 Å². The largest absolute Gasteiger partial charge is 0.481 e. The minimum absolute atomic E-state index is 0.0790. The first-order valence-electron chi connectivity index (χ1n) is 10.1. The number of anilines is 1. The van der Waals surface area contributed by atoms with Crippen molar-refractivity contribution in [2.24, 2.45) is 0 Å². The third kappa shape index (κ3) is 5.85. The molecule has 0 aliphatic heterocycles. The van der Waals surface area contributed by atoms with Crippen molar-refractivity contribution in [3.63, 3.8) is 0 Å². The Morgan fingerprint density at radius 1 is 1.16 bits per heavy atom. The molecule has 0 saturated carbocycles. The van der Waals surface area contributed by atoms with Gasteiger partial charge in [0.05, 0.1) is 18.5 Å². The van der Waals surface area contributed by atoms with Crippen molar-refractivity contribution in [2.75, 3.05) is 17.6 Å². The smallest absolute Gasteiger partial charge is 0.261 e. The van der Waals surface area contributed by atoms with Crippen LogP contribution in [0.4, 0.5) is 5.69 Å². The second-order valence-electron chi connectivity index (χ2n) is 7.33. The Morgan fingerprint density at radius 2 is 1.81 bits per heavy atom. The summed E-state index contributed by atoms with van der Waals surface area (Å²) in [6.07, 6.45) is 0.838. The molecule has 2 aromatic carbocycles. The van der Waals surface area contributed by atoms with E-state index in [1.807, 2.05) is 38.1 Å². The molecule has 10 heteroatoms. The summed E-state index contributed by atoms with van der Waals surface area (Å²) < 4.78 is 35.4. The van der Waals surface area contributed by atoms with E-state index >= 15 is 0 Å². The quantitative estimate of drug-likeness (QED) is 0.524. The molecule has 0 bridgehead atoms. The Morgan fingerprint density at radius 3 is 2.41 bits per heavy atom. The van der Waals surface area contributed by atoms with Crippen LogP contribution in [-0.2, 0) is 21.4 Å². The van der Waals surface area contributed by atoms with Crippen molar-refractivity contribution in [3.8, 4) is 17.1 Å². The third-order valence-corrected chi connectivity index (χ3v) is 6.04. The second kappa shape index (κ2) is 9.82. The van der Waals surface area contributed by atoms with Crippen molar-refractivity contribution in [2.45, 2.75) is 32.9 Å². The van der Waals surface area contributed by atoms with Gasteiger partial charge in [-0.1, -0.05) is 41.9 Å². The van der Waals surface area contributed by atoms with E-state index in [1.54, 1.807) is 24.3 Å². The summed E-state index contributed by atoms with van der Waals surface area (Å²) in [5, 5.41) is 6.70. The maximum Gasteiger partial charge on any atom is 0.261 e. The van der Waals surface area contributed by atoms with Gasteiger partial charge >= 0.3 is 0 Å². The third-order valence-electron chi connectivity index (χ3n) is 4.83. The molecule has 0 unspecified atom stereocenters. The Balaban J connectivity index is 1.58. The number of hydrogen-bond acceptors (Lipinski definition) is 7. The van der Waals surface area contributed by atoms with Gasteiger partial charge in [-0.15, -0.1) is 0 Å². The van der Waals surface area contributed by atoms with Gasteiger partial charge in [0.1, 0.15) is 5.75 Å². The highest BCUT2D eigenvalue weighted by Crippen LogP contribution is 2.22. The summed E-state index contributed by atoms with van der Waals surface area (Å²) >= 11 is 0. The minimum atomic E-state index is -3.35. The molecule has 32 heavy (non-hydrogen) atoms. The van der Waals surface area contributed by atoms with Gasteiger partial charge in [0, 0.05) is 12.6 Å². The van der Waals surface area contributed by atoms with Crippen molar-refractivity contribution in [1.29, 1.82) is 0 Å². The fraction of sp³-hybridized carbons (Fsp3) is 0.318. The maximum atomic E-state index is 12.6. The molecule has 1 amide bonds. The number of hydrogen-bond donors (Lipinski definition) is 1. The summed E-state index contributed by atoms with van der Waals surface area (Å²) in [4.78, 5) is 16.9. The highest BCUT2D eigenvalue weighted by Gasteiger charge is 2.20. The number of aromatic nitrogens is 2.